The van der Waals surface area contributed by atoms with E-state index in [0.29, 0.717) is 18.3 Å². The zero-order valence-electron chi connectivity index (χ0n) is 14.5. The lowest BCUT2D eigenvalue weighted by molar-refractivity contribution is -0.131. The molecule has 3 rings (SSSR count). The molecular formula is C18H23N5OS. The van der Waals surface area contributed by atoms with E-state index in [-0.39, 0.29) is 5.91 Å². The molecule has 0 unspecified atom stereocenters. The molecule has 0 N–H and O–H groups in total. The Kier molecular flexibility index (Phi) is 5.86. The SMILES string of the molecule is C=CCn1c(SCC(=O)N2CCCC[C@@H]2C)nnc1-c1ccncc1. The van der Waals surface area contributed by atoms with Crippen LogP contribution >= 0.6 is 11.8 Å². The first-order chi connectivity index (χ1) is 12.2. The summed E-state index contributed by atoms with van der Waals surface area (Å²) in [6.45, 7) is 7.41. The van der Waals surface area contributed by atoms with Crippen LogP contribution in [0.15, 0.2) is 42.3 Å². The molecule has 3 heterocycles. The van der Waals surface area contributed by atoms with E-state index in [9.17, 15) is 4.79 Å². The van der Waals surface area contributed by atoms with Crippen molar-refractivity contribution in [2.75, 3.05) is 12.3 Å². The highest BCUT2D eigenvalue weighted by Gasteiger charge is 2.24. The summed E-state index contributed by atoms with van der Waals surface area (Å²) < 4.78 is 1.99. The van der Waals surface area contributed by atoms with Gasteiger partial charge < -0.3 is 4.90 Å². The zero-order chi connectivity index (χ0) is 17.6. The van der Waals surface area contributed by atoms with Crippen molar-refractivity contribution in [3.8, 4) is 11.4 Å². The minimum Gasteiger partial charge on any atom is -0.339 e. The van der Waals surface area contributed by atoms with Crippen LogP contribution in [0, 0.1) is 0 Å². The highest BCUT2D eigenvalue weighted by Crippen LogP contribution is 2.25. The number of thioether (sulfide) groups is 1. The number of allylic oxidation sites excluding steroid dienone is 1. The van der Waals surface area contributed by atoms with E-state index in [1.54, 1.807) is 12.4 Å². The molecule has 0 saturated carbocycles. The molecular weight excluding hydrogens is 334 g/mol. The molecule has 1 amide bonds. The maximum Gasteiger partial charge on any atom is 0.233 e. The molecule has 0 aliphatic carbocycles. The molecule has 1 aliphatic heterocycles. The third-order valence-electron chi connectivity index (χ3n) is 4.42. The van der Waals surface area contributed by atoms with Gasteiger partial charge in [-0.3, -0.25) is 14.3 Å². The van der Waals surface area contributed by atoms with Gasteiger partial charge in [0, 0.05) is 37.1 Å². The molecule has 2 aromatic heterocycles. The van der Waals surface area contributed by atoms with Gasteiger partial charge in [-0.2, -0.15) is 0 Å². The average molecular weight is 357 g/mol. The first-order valence-electron chi connectivity index (χ1n) is 8.57. The topological polar surface area (TPSA) is 63.9 Å². The number of likely N-dealkylation sites (tertiary alicyclic amines) is 1. The Balaban J connectivity index is 1.73. The number of carbonyl (C=O) groups is 1. The number of pyridine rings is 1. The van der Waals surface area contributed by atoms with Gasteiger partial charge in [0.05, 0.1) is 5.75 Å². The highest BCUT2D eigenvalue weighted by atomic mass is 32.2. The molecule has 25 heavy (non-hydrogen) atoms. The number of rotatable bonds is 6. The normalized spacial score (nSPS) is 17.5. The molecule has 2 aromatic rings. The molecule has 132 valence electrons. The third-order valence-corrected chi connectivity index (χ3v) is 5.37. The first kappa shape index (κ1) is 17.7. The maximum atomic E-state index is 12.5. The van der Waals surface area contributed by atoms with Crippen molar-refractivity contribution in [3.05, 3.63) is 37.2 Å². The Hall–Kier alpha value is -2.15. The Morgan fingerprint density at radius 1 is 1.36 bits per heavy atom. The Labute approximate surface area is 152 Å². The molecule has 1 fully saturated rings. The van der Waals surface area contributed by atoms with Gasteiger partial charge in [0.25, 0.3) is 0 Å². The van der Waals surface area contributed by atoms with Crippen LogP contribution in [0.1, 0.15) is 26.2 Å². The monoisotopic (exact) mass is 357 g/mol. The van der Waals surface area contributed by atoms with Crippen LogP contribution in [0.3, 0.4) is 0 Å². The summed E-state index contributed by atoms with van der Waals surface area (Å²) in [5.74, 6) is 1.33. The maximum absolute atomic E-state index is 12.5. The van der Waals surface area contributed by atoms with Crippen LogP contribution in [-0.4, -0.2) is 48.9 Å². The Bertz CT molecular complexity index is 730. The van der Waals surface area contributed by atoms with E-state index in [0.717, 1.165) is 35.9 Å². The summed E-state index contributed by atoms with van der Waals surface area (Å²) in [5, 5.41) is 9.33. The number of aromatic nitrogens is 4. The number of piperidine rings is 1. The summed E-state index contributed by atoms with van der Waals surface area (Å²) in [4.78, 5) is 18.6. The van der Waals surface area contributed by atoms with Crippen LogP contribution in [0.2, 0.25) is 0 Å². The van der Waals surface area contributed by atoms with Crippen LogP contribution in [0.5, 0.6) is 0 Å². The van der Waals surface area contributed by atoms with Crippen LogP contribution in [0.4, 0.5) is 0 Å². The highest BCUT2D eigenvalue weighted by molar-refractivity contribution is 7.99. The van der Waals surface area contributed by atoms with Gasteiger partial charge in [-0.15, -0.1) is 16.8 Å². The fraction of sp³-hybridized carbons (Fsp3) is 0.444. The van der Waals surface area contributed by atoms with Crippen molar-refractivity contribution in [3.63, 3.8) is 0 Å². The third kappa shape index (κ3) is 4.10. The van der Waals surface area contributed by atoms with Gasteiger partial charge in [-0.1, -0.05) is 17.8 Å². The summed E-state index contributed by atoms with van der Waals surface area (Å²) in [6, 6.07) is 4.14. The molecule has 7 heteroatoms. The predicted molar refractivity (Wildman–Crippen MR) is 99.2 cm³/mol. The van der Waals surface area contributed by atoms with E-state index in [1.807, 2.05) is 27.7 Å². The second-order valence-corrected chi connectivity index (χ2v) is 7.10. The molecule has 0 aromatic carbocycles. The molecule has 0 bridgehead atoms. The Morgan fingerprint density at radius 3 is 2.88 bits per heavy atom. The predicted octanol–water partition coefficient (Wildman–Crippen LogP) is 3.02. The summed E-state index contributed by atoms with van der Waals surface area (Å²) >= 11 is 1.44. The van der Waals surface area contributed by atoms with Gasteiger partial charge >= 0.3 is 0 Å². The largest absolute Gasteiger partial charge is 0.339 e. The fourth-order valence-electron chi connectivity index (χ4n) is 3.08. The fourth-order valence-corrected chi connectivity index (χ4v) is 3.92. The van der Waals surface area contributed by atoms with Crippen LogP contribution < -0.4 is 0 Å². The van der Waals surface area contributed by atoms with Crippen molar-refractivity contribution < 1.29 is 4.79 Å². The second-order valence-electron chi connectivity index (χ2n) is 6.16. The van der Waals surface area contributed by atoms with E-state index in [2.05, 4.69) is 28.7 Å². The summed E-state index contributed by atoms with van der Waals surface area (Å²) in [5.41, 5.74) is 0.951. The second kappa shape index (κ2) is 8.29. The summed E-state index contributed by atoms with van der Waals surface area (Å²) in [7, 11) is 0. The lowest BCUT2D eigenvalue weighted by Gasteiger charge is -2.33. The molecule has 6 nitrogen and oxygen atoms in total. The van der Waals surface area contributed by atoms with Crippen molar-refractivity contribution >= 4 is 17.7 Å². The lowest BCUT2D eigenvalue weighted by Crippen LogP contribution is -2.43. The molecule has 0 spiro atoms. The summed E-state index contributed by atoms with van der Waals surface area (Å²) in [6.07, 6.45) is 8.68. The van der Waals surface area contributed by atoms with Gasteiger partial charge in [-0.25, -0.2) is 0 Å². The number of hydrogen-bond donors (Lipinski definition) is 0. The zero-order valence-corrected chi connectivity index (χ0v) is 15.3. The molecule has 1 atom stereocenters. The van der Waals surface area contributed by atoms with E-state index in [4.69, 9.17) is 0 Å². The Morgan fingerprint density at radius 2 is 2.16 bits per heavy atom. The number of nitrogens with zero attached hydrogens (tertiary/aromatic N) is 5. The van der Waals surface area contributed by atoms with Gasteiger partial charge in [0.2, 0.25) is 5.91 Å². The van der Waals surface area contributed by atoms with Crippen molar-refractivity contribution in [1.29, 1.82) is 0 Å². The van der Waals surface area contributed by atoms with E-state index in [1.165, 1.54) is 18.2 Å². The van der Waals surface area contributed by atoms with E-state index < -0.39 is 0 Å². The van der Waals surface area contributed by atoms with Crippen molar-refractivity contribution in [1.82, 2.24) is 24.6 Å². The van der Waals surface area contributed by atoms with Gasteiger partial charge in [-0.05, 0) is 38.3 Å². The van der Waals surface area contributed by atoms with E-state index >= 15 is 0 Å². The molecule has 1 saturated heterocycles. The number of amides is 1. The quantitative estimate of drug-likeness (QED) is 0.587. The van der Waals surface area contributed by atoms with Crippen LogP contribution in [-0.2, 0) is 11.3 Å². The van der Waals surface area contributed by atoms with Gasteiger partial charge in [0.1, 0.15) is 0 Å². The number of carbonyl (C=O) groups excluding carboxylic acids is 1. The number of hydrogen-bond acceptors (Lipinski definition) is 5. The molecule has 0 radical (unpaired) electrons. The van der Waals surface area contributed by atoms with Gasteiger partial charge in [0.15, 0.2) is 11.0 Å². The average Bonchev–Trinajstić information content (AvgIpc) is 3.04. The first-order valence-corrected chi connectivity index (χ1v) is 9.56. The lowest BCUT2D eigenvalue weighted by atomic mass is 10.0. The minimum absolute atomic E-state index is 0.177. The standard InChI is InChI=1S/C18H23N5OS/c1-3-11-23-17(15-7-9-19-10-8-15)20-21-18(23)25-13-16(24)22-12-5-4-6-14(22)2/h3,7-10,14H,1,4-6,11-13H2,2H3/t14-/m0/s1. The molecule has 1 aliphatic rings. The van der Waals surface area contributed by atoms with Crippen molar-refractivity contribution in [2.45, 2.75) is 43.9 Å². The van der Waals surface area contributed by atoms with Crippen molar-refractivity contribution in [2.24, 2.45) is 0 Å². The van der Waals surface area contributed by atoms with Crippen LogP contribution in [0.25, 0.3) is 11.4 Å². The smallest absolute Gasteiger partial charge is 0.233 e. The minimum atomic E-state index is 0.177.